The van der Waals surface area contributed by atoms with Gasteiger partial charge in [-0.25, -0.2) is 4.98 Å². The van der Waals surface area contributed by atoms with E-state index in [1.54, 1.807) is 18.3 Å². The smallest absolute Gasteiger partial charge is 0.255 e. The molecule has 0 saturated heterocycles. The molecule has 0 spiro atoms. The topological polar surface area (TPSA) is 57.8 Å². The summed E-state index contributed by atoms with van der Waals surface area (Å²) in [7, 11) is 0. The van der Waals surface area contributed by atoms with Gasteiger partial charge >= 0.3 is 0 Å². The van der Waals surface area contributed by atoms with E-state index in [0.717, 1.165) is 27.8 Å². The molecule has 0 aliphatic rings. The number of pyridine rings is 1. The lowest BCUT2D eigenvalue weighted by molar-refractivity contribution is 0.102. The molecule has 116 valence electrons. The fraction of sp³-hybridized carbons (Fsp3) is 0. The van der Waals surface area contributed by atoms with Crippen LogP contribution in [0.15, 0.2) is 79.1 Å². The van der Waals surface area contributed by atoms with E-state index >= 15 is 0 Å². The molecule has 0 bridgehead atoms. The lowest BCUT2D eigenvalue weighted by atomic mass is 10.0. The van der Waals surface area contributed by atoms with Crippen LogP contribution in [-0.4, -0.2) is 15.9 Å². The number of benzene rings is 2. The average Bonchev–Trinajstić information content (AvgIpc) is 3.12. The van der Waals surface area contributed by atoms with Gasteiger partial charge in [0, 0.05) is 29.0 Å². The molecule has 4 aromatic rings. The highest BCUT2D eigenvalue weighted by Crippen LogP contribution is 2.27. The second kappa shape index (κ2) is 6.01. The Kier molecular flexibility index (Phi) is 3.56. The number of carbonyl (C=O) groups excluding carboxylic acids is 1. The Morgan fingerprint density at radius 3 is 2.50 bits per heavy atom. The minimum atomic E-state index is -0.111. The van der Waals surface area contributed by atoms with E-state index in [4.69, 9.17) is 0 Å². The fourth-order valence-electron chi connectivity index (χ4n) is 2.74. The Balaban J connectivity index is 1.59. The van der Waals surface area contributed by atoms with Crippen molar-refractivity contribution in [2.75, 3.05) is 5.32 Å². The Hall–Kier alpha value is -3.40. The predicted octanol–water partition coefficient (Wildman–Crippen LogP) is 4.48. The summed E-state index contributed by atoms with van der Waals surface area (Å²) in [5.41, 5.74) is 4.48. The third kappa shape index (κ3) is 2.65. The number of nitrogens with one attached hydrogen (secondary N) is 2. The molecule has 0 radical (unpaired) electrons. The molecule has 0 aliphatic heterocycles. The molecule has 0 atom stereocenters. The Labute approximate surface area is 139 Å². The highest BCUT2D eigenvalue weighted by atomic mass is 16.1. The van der Waals surface area contributed by atoms with Crippen molar-refractivity contribution in [3.8, 4) is 11.1 Å². The number of hydrogen-bond donors (Lipinski definition) is 2. The van der Waals surface area contributed by atoms with Crippen LogP contribution in [-0.2, 0) is 0 Å². The van der Waals surface area contributed by atoms with Crippen LogP contribution in [0.4, 0.5) is 5.69 Å². The van der Waals surface area contributed by atoms with Crippen LogP contribution in [0.3, 0.4) is 0 Å². The lowest BCUT2D eigenvalue weighted by Crippen LogP contribution is -2.11. The van der Waals surface area contributed by atoms with Crippen molar-refractivity contribution in [2.45, 2.75) is 0 Å². The number of aromatic nitrogens is 2. The molecule has 4 rings (SSSR count). The summed E-state index contributed by atoms with van der Waals surface area (Å²) in [4.78, 5) is 19.6. The van der Waals surface area contributed by atoms with E-state index in [1.807, 2.05) is 60.8 Å². The number of fused-ring (bicyclic) bond motifs is 1. The zero-order chi connectivity index (χ0) is 16.4. The van der Waals surface area contributed by atoms with Crippen LogP contribution in [0.1, 0.15) is 10.4 Å². The van der Waals surface area contributed by atoms with Gasteiger partial charge in [0.15, 0.2) is 0 Å². The maximum absolute atomic E-state index is 12.2. The van der Waals surface area contributed by atoms with Gasteiger partial charge in [-0.2, -0.15) is 0 Å². The zero-order valence-electron chi connectivity index (χ0n) is 12.9. The maximum atomic E-state index is 12.2. The number of anilines is 1. The third-order valence-electron chi connectivity index (χ3n) is 3.95. The summed E-state index contributed by atoms with van der Waals surface area (Å²) < 4.78 is 0. The molecule has 0 fully saturated rings. The molecule has 0 saturated carbocycles. The number of nitrogens with zero attached hydrogens (tertiary/aromatic N) is 1. The Morgan fingerprint density at radius 2 is 1.71 bits per heavy atom. The normalized spacial score (nSPS) is 10.7. The molecule has 2 heterocycles. The third-order valence-corrected chi connectivity index (χ3v) is 3.95. The van der Waals surface area contributed by atoms with Gasteiger partial charge in [-0.15, -0.1) is 0 Å². The van der Waals surface area contributed by atoms with Crippen molar-refractivity contribution < 1.29 is 4.79 Å². The first-order valence-corrected chi connectivity index (χ1v) is 7.70. The van der Waals surface area contributed by atoms with Crippen molar-refractivity contribution in [1.29, 1.82) is 0 Å². The molecule has 2 N–H and O–H groups in total. The molecule has 0 aliphatic carbocycles. The molecule has 4 heteroatoms. The number of amides is 1. The first-order valence-electron chi connectivity index (χ1n) is 7.70. The second-order valence-corrected chi connectivity index (χ2v) is 5.50. The van der Waals surface area contributed by atoms with Crippen LogP contribution in [0.25, 0.3) is 22.2 Å². The summed E-state index contributed by atoms with van der Waals surface area (Å²) in [5, 5.41) is 3.99. The number of aromatic amines is 1. The number of rotatable bonds is 3. The molecule has 2 aromatic heterocycles. The maximum Gasteiger partial charge on any atom is 0.255 e. The average molecular weight is 313 g/mol. The van der Waals surface area contributed by atoms with Crippen LogP contribution >= 0.6 is 0 Å². The summed E-state index contributed by atoms with van der Waals surface area (Å²) in [6.45, 7) is 0. The van der Waals surface area contributed by atoms with Gasteiger partial charge in [0.2, 0.25) is 0 Å². The van der Waals surface area contributed by atoms with E-state index in [1.165, 1.54) is 0 Å². The summed E-state index contributed by atoms with van der Waals surface area (Å²) >= 11 is 0. The first kappa shape index (κ1) is 14.2. The summed E-state index contributed by atoms with van der Waals surface area (Å²) in [6, 6.07) is 21.0. The Bertz CT molecular complexity index is 988. The van der Waals surface area contributed by atoms with Gasteiger partial charge in [0.25, 0.3) is 5.91 Å². The quantitative estimate of drug-likeness (QED) is 0.586. The van der Waals surface area contributed by atoms with Crippen molar-refractivity contribution >= 4 is 22.6 Å². The van der Waals surface area contributed by atoms with E-state index in [2.05, 4.69) is 15.3 Å². The van der Waals surface area contributed by atoms with Crippen molar-refractivity contribution in [3.63, 3.8) is 0 Å². The zero-order valence-corrected chi connectivity index (χ0v) is 12.9. The summed E-state index contributed by atoms with van der Waals surface area (Å²) in [6.07, 6.45) is 3.68. The van der Waals surface area contributed by atoms with Crippen LogP contribution in [0, 0.1) is 0 Å². The van der Waals surface area contributed by atoms with E-state index in [-0.39, 0.29) is 5.91 Å². The fourth-order valence-corrected chi connectivity index (χ4v) is 2.74. The predicted molar refractivity (Wildman–Crippen MR) is 95.9 cm³/mol. The highest BCUT2D eigenvalue weighted by molar-refractivity contribution is 6.04. The number of H-pyrrole nitrogens is 1. The van der Waals surface area contributed by atoms with Crippen LogP contribution < -0.4 is 5.32 Å². The van der Waals surface area contributed by atoms with Gasteiger partial charge < -0.3 is 10.3 Å². The van der Waals surface area contributed by atoms with E-state index in [9.17, 15) is 4.79 Å². The largest absolute Gasteiger partial charge is 0.346 e. The van der Waals surface area contributed by atoms with Gasteiger partial charge in [0.05, 0.1) is 0 Å². The van der Waals surface area contributed by atoms with E-state index in [0.29, 0.717) is 5.56 Å². The minimum Gasteiger partial charge on any atom is -0.346 e. The van der Waals surface area contributed by atoms with Crippen molar-refractivity contribution in [2.24, 2.45) is 0 Å². The van der Waals surface area contributed by atoms with Gasteiger partial charge in [-0.3, -0.25) is 4.79 Å². The lowest BCUT2D eigenvalue weighted by Gasteiger charge is -2.07. The standard InChI is InChI=1S/C20H15N3O/c24-20(15-4-2-1-3-5-15)23-16-8-6-14(7-9-16)17-10-12-21-19-18(17)11-13-22-19/h1-13H,(H,21,22)(H,23,24). The molecule has 1 amide bonds. The minimum absolute atomic E-state index is 0.111. The molecule has 2 aromatic carbocycles. The SMILES string of the molecule is O=C(Nc1ccc(-c2ccnc3[nH]ccc23)cc1)c1ccccc1. The van der Waals surface area contributed by atoms with Gasteiger partial charge in [-0.05, 0) is 47.5 Å². The van der Waals surface area contributed by atoms with Gasteiger partial charge in [0.1, 0.15) is 5.65 Å². The monoisotopic (exact) mass is 313 g/mol. The molecule has 4 nitrogen and oxygen atoms in total. The molecule has 0 unspecified atom stereocenters. The highest BCUT2D eigenvalue weighted by Gasteiger charge is 2.07. The second-order valence-electron chi connectivity index (χ2n) is 5.50. The summed E-state index contributed by atoms with van der Waals surface area (Å²) in [5.74, 6) is -0.111. The molecular formula is C20H15N3O. The molecular weight excluding hydrogens is 298 g/mol. The van der Waals surface area contributed by atoms with Gasteiger partial charge in [-0.1, -0.05) is 30.3 Å². The number of hydrogen-bond acceptors (Lipinski definition) is 2. The molecule has 24 heavy (non-hydrogen) atoms. The Morgan fingerprint density at radius 1 is 0.917 bits per heavy atom. The van der Waals surface area contributed by atoms with Crippen LogP contribution in [0.5, 0.6) is 0 Å². The first-order chi connectivity index (χ1) is 11.8. The number of carbonyl (C=O) groups is 1. The van der Waals surface area contributed by atoms with Crippen molar-refractivity contribution in [1.82, 2.24) is 9.97 Å². The van der Waals surface area contributed by atoms with E-state index < -0.39 is 0 Å². The van der Waals surface area contributed by atoms with Crippen molar-refractivity contribution in [3.05, 3.63) is 84.7 Å². The van der Waals surface area contributed by atoms with Crippen LogP contribution in [0.2, 0.25) is 0 Å².